The van der Waals surface area contributed by atoms with Crippen LogP contribution in [0.4, 0.5) is 0 Å². The van der Waals surface area contributed by atoms with Crippen molar-refractivity contribution in [1.29, 1.82) is 0 Å². The van der Waals surface area contributed by atoms with Crippen LogP contribution in [-0.2, 0) is 4.74 Å². The topological polar surface area (TPSA) is 9.23 Å². The van der Waals surface area contributed by atoms with Crippen LogP contribution in [-0.4, -0.2) is 11.2 Å². The van der Waals surface area contributed by atoms with Gasteiger partial charge in [0.1, 0.15) is 6.10 Å². The quantitative estimate of drug-likeness (QED) is 0.673. The van der Waals surface area contributed by atoms with Gasteiger partial charge in [-0.1, -0.05) is 32.1 Å². The number of hydrogen-bond donors (Lipinski definition) is 0. The van der Waals surface area contributed by atoms with E-state index in [0.717, 1.165) is 16.9 Å². The summed E-state index contributed by atoms with van der Waals surface area (Å²) < 4.78 is 6.21. The molecule has 1 nitrogen and oxygen atoms in total. The molecular weight excluding hydrogens is 240 g/mol. The average Bonchev–Trinajstić information content (AvgIpc) is 3.12. The molecule has 0 aromatic heterocycles. The number of ether oxygens (including phenoxy) is 1. The summed E-state index contributed by atoms with van der Waals surface area (Å²) in [5.41, 5.74) is 0.542. The molecule has 0 aromatic carbocycles. The number of thiocarbonyl (C=S) groups is 1. The molecule has 0 radical (unpaired) electrons. The summed E-state index contributed by atoms with van der Waals surface area (Å²) in [5, 5.41) is 0.774. The van der Waals surface area contributed by atoms with Gasteiger partial charge in [-0.15, -0.1) is 0 Å². The molecule has 3 rings (SSSR count). The minimum Gasteiger partial charge on any atom is -0.483 e. The molecule has 0 spiro atoms. The Morgan fingerprint density at radius 3 is 2.50 bits per heavy atom. The van der Waals surface area contributed by atoms with Crippen molar-refractivity contribution in [1.82, 2.24) is 0 Å². The molecule has 0 aliphatic heterocycles. The predicted octanol–water partition coefficient (Wildman–Crippen LogP) is 4.88. The van der Waals surface area contributed by atoms with Gasteiger partial charge in [-0.3, -0.25) is 0 Å². The monoisotopic (exact) mass is 266 g/mol. The Bertz CT molecular complexity index is 321. The molecule has 0 amide bonds. The minimum absolute atomic E-state index is 0.459. The second-order valence-electron chi connectivity index (χ2n) is 6.81. The van der Waals surface area contributed by atoms with Gasteiger partial charge in [-0.05, 0) is 56.2 Å². The molecule has 3 aliphatic rings. The first kappa shape index (κ1) is 12.9. The van der Waals surface area contributed by atoms with E-state index >= 15 is 0 Å². The normalized spacial score (nSPS) is 37.7. The van der Waals surface area contributed by atoms with E-state index in [2.05, 4.69) is 0 Å². The van der Waals surface area contributed by atoms with Crippen molar-refractivity contribution in [2.45, 2.75) is 77.2 Å². The first-order valence-electron chi connectivity index (χ1n) is 7.89. The lowest BCUT2D eigenvalue weighted by Gasteiger charge is -2.38. The van der Waals surface area contributed by atoms with Crippen molar-refractivity contribution in [3.8, 4) is 0 Å². The third-order valence-corrected chi connectivity index (χ3v) is 5.76. The van der Waals surface area contributed by atoms with Gasteiger partial charge in [0, 0.05) is 12.3 Å². The van der Waals surface area contributed by atoms with Gasteiger partial charge in [0.2, 0.25) is 0 Å². The molecule has 3 saturated carbocycles. The predicted molar refractivity (Wildman–Crippen MR) is 78.7 cm³/mol. The summed E-state index contributed by atoms with van der Waals surface area (Å²) in [7, 11) is 0. The first-order valence-corrected chi connectivity index (χ1v) is 8.30. The lowest BCUT2D eigenvalue weighted by molar-refractivity contribution is 0.0153. The summed E-state index contributed by atoms with van der Waals surface area (Å²) in [4.78, 5) is 0. The van der Waals surface area contributed by atoms with E-state index in [1.165, 1.54) is 64.2 Å². The molecular formula is C16H26OS. The zero-order valence-corrected chi connectivity index (χ0v) is 12.4. The molecule has 0 N–H and O–H groups in total. The SMILES string of the molecule is CC(=S)O[C@@H](C1CCCCC1)[C@]12CCCC[C@H]1C2. The van der Waals surface area contributed by atoms with Crippen LogP contribution in [0.25, 0.3) is 0 Å². The van der Waals surface area contributed by atoms with Crippen LogP contribution in [0, 0.1) is 17.3 Å². The van der Waals surface area contributed by atoms with Crippen molar-refractivity contribution in [3.63, 3.8) is 0 Å². The Morgan fingerprint density at radius 2 is 1.83 bits per heavy atom. The zero-order chi connectivity index (χ0) is 12.6. The van der Waals surface area contributed by atoms with Crippen LogP contribution in [0.2, 0.25) is 0 Å². The first-order chi connectivity index (χ1) is 8.72. The van der Waals surface area contributed by atoms with E-state index < -0.39 is 0 Å². The smallest absolute Gasteiger partial charge is 0.157 e. The van der Waals surface area contributed by atoms with E-state index in [0.29, 0.717) is 11.5 Å². The summed E-state index contributed by atoms with van der Waals surface area (Å²) in [6.07, 6.45) is 14.6. The summed E-state index contributed by atoms with van der Waals surface area (Å²) in [6, 6.07) is 0. The number of fused-ring (bicyclic) bond motifs is 1. The highest BCUT2D eigenvalue weighted by Crippen LogP contribution is 2.66. The molecule has 18 heavy (non-hydrogen) atoms. The highest BCUT2D eigenvalue weighted by Gasteiger charge is 2.61. The van der Waals surface area contributed by atoms with Gasteiger partial charge in [0.05, 0.1) is 0 Å². The number of rotatable bonds is 3. The van der Waals surface area contributed by atoms with Crippen molar-refractivity contribution < 1.29 is 4.74 Å². The summed E-state index contributed by atoms with van der Waals surface area (Å²) >= 11 is 5.26. The van der Waals surface area contributed by atoms with E-state index in [9.17, 15) is 0 Å². The maximum absolute atomic E-state index is 6.21. The summed E-state index contributed by atoms with van der Waals surface area (Å²) in [5.74, 6) is 1.76. The molecule has 0 unspecified atom stereocenters. The van der Waals surface area contributed by atoms with Gasteiger partial charge >= 0.3 is 0 Å². The lowest BCUT2D eigenvalue weighted by atomic mass is 9.74. The Hall–Kier alpha value is -0.110. The third kappa shape index (κ3) is 2.33. The lowest BCUT2D eigenvalue weighted by Crippen LogP contribution is -2.38. The second kappa shape index (κ2) is 5.11. The van der Waals surface area contributed by atoms with E-state index in [1.54, 1.807) is 0 Å². The van der Waals surface area contributed by atoms with Gasteiger partial charge in [0.25, 0.3) is 0 Å². The van der Waals surface area contributed by atoms with Crippen molar-refractivity contribution in [3.05, 3.63) is 0 Å². The molecule has 0 saturated heterocycles. The Labute approximate surface area is 117 Å². The molecule has 0 bridgehead atoms. The van der Waals surface area contributed by atoms with Crippen LogP contribution in [0.3, 0.4) is 0 Å². The van der Waals surface area contributed by atoms with Crippen molar-refractivity contribution >= 4 is 17.3 Å². The third-order valence-electron chi connectivity index (χ3n) is 5.66. The molecule has 2 heteroatoms. The maximum Gasteiger partial charge on any atom is 0.157 e. The van der Waals surface area contributed by atoms with Crippen molar-refractivity contribution in [2.24, 2.45) is 17.3 Å². The second-order valence-corrected chi connectivity index (χ2v) is 7.38. The highest BCUT2D eigenvalue weighted by molar-refractivity contribution is 7.80. The fraction of sp³-hybridized carbons (Fsp3) is 0.938. The highest BCUT2D eigenvalue weighted by atomic mass is 32.1. The average molecular weight is 266 g/mol. The van der Waals surface area contributed by atoms with E-state index in [-0.39, 0.29) is 0 Å². The Kier molecular flexibility index (Phi) is 3.66. The van der Waals surface area contributed by atoms with Crippen LogP contribution in [0.15, 0.2) is 0 Å². The molecule has 0 aromatic rings. The van der Waals surface area contributed by atoms with Gasteiger partial charge in [0.15, 0.2) is 5.05 Å². The maximum atomic E-state index is 6.21. The Balaban J connectivity index is 1.74. The van der Waals surface area contributed by atoms with Crippen molar-refractivity contribution in [2.75, 3.05) is 0 Å². The molecule has 102 valence electrons. The van der Waals surface area contributed by atoms with E-state index in [4.69, 9.17) is 17.0 Å². The fourth-order valence-electron chi connectivity index (χ4n) is 4.73. The van der Waals surface area contributed by atoms with Crippen LogP contribution >= 0.6 is 12.2 Å². The standard InChI is InChI=1S/C16H26OS/c1-12(18)17-15(13-7-3-2-4-8-13)16-10-6-5-9-14(16)11-16/h13-15H,2-11H2,1H3/t14-,15-,16-/m0/s1. The largest absolute Gasteiger partial charge is 0.483 e. The van der Waals surface area contributed by atoms with Gasteiger partial charge < -0.3 is 4.74 Å². The molecule has 0 heterocycles. The fourth-order valence-corrected chi connectivity index (χ4v) is 4.83. The summed E-state index contributed by atoms with van der Waals surface area (Å²) in [6.45, 7) is 1.96. The molecule has 3 fully saturated rings. The van der Waals surface area contributed by atoms with Crippen LogP contribution in [0.1, 0.15) is 71.1 Å². The Morgan fingerprint density at radius 1 is 1.11 bits per heavy atom. The molecule has 3 aliphatic carbocycles. The van der Waals surface area contributed by atoms with Gasteiger partial charge in [-0.2, -0.15) is 0 Å². The van der Waals surface area contributed by atoms with Crippen LogP contribution < -0.4 is 0 Å². The minimum atomic E-state index is 0.459. The zero-order valence-electron chi connectivity index (χ0n) is 11.6. The van der Waals surface area contributed by atoms with E-state index in [1.807, 2.05) is 6.92 Å². The number of hydrogen-bond acceptors (Lipinski definition) is 2. The molecule has 3 atom stereocenters. The van der Waals surface area contributed by atoms with Gasteiger partial charge in [-0.25, -0.2) is 0 Å². The van der Waals surface area contributed by atoms with Crippen LogP contribution in [0.5, 0.6) is 0 Å².